The number of benzene rings is 3. The molecule has 29 heavy (non-hydrogen) atoms. The number of carbonyl (C=O) groups excluding carboxylic acids is 2. The molecule has 3 aromatic rings. The predicted octanol–water partition coefficient (Wildman–Crippen LogP) is 4.64. The lowest BCUT2D eigenvalue weighted by molar-refractivity contribution is 0.0892. The number of anilines is 2. The van der Waals surface area contributed by atoms with Crippen molar-refractivity contribution in [1.82, 2.24) is 0 Å². The van der Waals surface area contributed by atoms with Gasteiger partial charge in [-0.25, -0.2) is 4.90 Å². The fourth-order valence-electron chi connectivity index (χ4n) is 4.52. The van der Waals surface area contributed by atoms with E-state index in [1.165, 1.54) is 31.3 Å². The van der Waals surface area contributed by atoms with Crippen molar-refractivity contribution >= 4 is 34.0 Å². The Morgan fingerprint density at radius 1 is 0.759 bits per heavy atom. The van der Waals surface area contributed by atoms with Gasteiger partial charge < -0.3 is 9.64 Å². The minimum Gasteiger partial charge on any atom is -0.495 e. The second-order valence-corrected chi connectivity index (χ2v) is 7.53. The highest BCUT2D eigenvalue weighted by Crippen LogP contribution is 2.40. The third-order valence-electron chi connectivity index (χ3n) is 5.91. The van der Waals surface area contributed by atoms with Gasteiger partial charge in [-0.1, -0.05) is 24.3 Å². The summed E-state index contributed by atoms with van der Waals surface area (Å²) in [6.45, 7) is 2.02. The number of nitrogens with zero attached hydrogens (tertiary/aromatic N) is 2. The van der Waals surface area contributed by atoms with Crippen LogP contribution in [-0.2, 0) is 0 Å². The molecule has 2 heterocycles. The van der Waals surface area contributed by atoms with Crippen molar-refractivity contribution < 1.29 is 14.3 Å². The molecule has 2 amide bonds. The molecule has 1 saturated heterocycles. The van der Waals surface area contributed by atoms with Crippen molar-refractivity contribution in [3.8, 4) is 5.75 Å². The molecule has 0 radical (unpaired) electrons. The zero-order valence-electron chi connectivity index (χ0n) is 16.4. The fraction of sp³-hybridized carbons (Fsp3) is 0.250. The van der Waals surface area contributed by atoms with Gasteiger partial charge in [0.25, 0.3) is 11.8 Å². The number of para-hydroxylation sites is 2. The van der Waals surface area contributed by atoms with Crippen LogP contribution in [0.15, 0.2) is 54.6 Å². The van der Waals surface area contributed by atoms with Crippen LogP contribution in [-0.4, -0.2) is 32.0 Å². The molecule has 0 aromatic heterocycles. The maximum Gasteiger partial charge on any atom is 0.266 e. The minimum absolute atomic E-state index is 0.312. The molecule has 0 spiro atoms. The van der Waals surface area contributed by atoms with Crippen LogP contribution in [0, 0.1) is 0 Å². The highest BCUT2D eigenvalue weighted by molar-refractivity contribution is 6.36. The first-order valence-corrected chi connectivity index (χ1v) is 10.0. The SMILES string of the molecule is COc1ccccc1N1C(=O)c2cccc3c(N4CCCCC4)ccc(c23)C1=O. The summed E-state index contributed by atoms with van der Waals surface area (Å²) in [5, 5.41) is 1.74. The second kappa shape index (κ2) is 6.92. The molecule has 0 saturated carbocycles. The summed E-state index contributed by atoms with van der Waals surface area (Å²) in [4.78, 5) is 30.4. The topological polar surface area (TPSA) is 49.9 Å². The molecule has 0 atom stereocenters. The lowest BCUT2D eigenvalue weighted by Crippen LogP contribution is -2.40. The molecule has 2 aliphatic rings. The van der Waals surface area contributed by atoms with Gasteiger partial charge >= 0.3 is 0 Å². The van der Waals surface area contributed by atoms with Crippen molar-refractivity contribution in [1.29, 1.82) is 0 Å². The van der Waals surface area contributed by atoms with Crippen molar-refractivity contribution in [3.05, 3.63) is 65.7 Å². The average Bonchev–Trinajstić information content (AvgIpc) is 2.78. The van der Waals surface area contributed by atoms with Crippen LogP contribution in [0.5, 0.6) is 5.75 Å². The van der Waals surface area contributed by atoms with E-state index in [-0.39, 0.29) is 11.8 Å². The van der Waals surface area contributed by atoms with E-state index >= 15 is 0 Å². The molecule has 2 aliphatic heterocycles. The summed E-state index contributed by atoms with van der Waals surface area (Å²) >= 11 is 0. The van der Waals surface area contributed by atoms with Crippen LogP contribution in [0.2, 0.25) is 0 Å². The average molecular weight is 386 g/mol. The summed E-state index contributed by atoms with van der Waals surface area (Å²) in [6, 6.07) is 16.7. The first kappa shape index (κ1) is 17.7. The molecule has 146 valence electrons. The number of ether oxygens (including phenoxy) is 1. The van der Waals surface area contributed by atoms with Gasteiger partial charge in [0.05, 0.1) is 12.8 Å². The summed E-state index contributed by atoms with van der Waals surface area (Å²) in [6.07, 6.45) is 3.59. The van der Waals surface area contributed by atoms with Gasteiger partial charge in [-0.2, -0.15) is 0 Å². The van der Waals surface area contributed by atoms with Crippen LogP contribution in [0.25, 0.3) is 10.8 Å². The Bertz CT molecular complexity index is 1110. The van der Waals surface area contributed by atoms with Gasteiger partial charge in [-0.15, -0.1) is 0 Å². The van der Waals surface area contributed by atoms with E-state index in [0.717, 1.165) is 29.5 Å². The van der Waals surface area contributed by atoms with E-state index < -0.39 is 0 Å². The summed E-state index contributed by atoms with van der Waals surface area (Å²) < 4.78 is 5.40. The Balaban J connectivity index is 1.69. The molecule has 0 N–H and O–H groups in total. The number of amides is 2. The molecule has 5 rings (SSSR count). The fourth-order valence-corrected chi connectivity index (χ4v) is 4.52. The summed E-state index contributed by atoms with van der Waals surface area (Å²) in [5.41, 5.74) is 2.69. The molecular weight excluding hydrogens is 364 g/mol. The van der Waals surface area contributed by atoms with Gasteiger partial charge in [-0.3, -0.25) is 9.59 Å². The molecule has 0 bridgehead atoms. The van der Waals surface area contributed by atoms with Crippen LogP contribution < -0.4 is 14.5 Å². The van der Waals surface area contributed by atoms with Crippen molar-refractivity contribution in [2.24, 2.45) is 0 Å². The Morgan fingerprint density at radius 2 is 1.48 bits per heavy atom. The van der Waals surface area contributed by atoms with Crippen LogP contribution >= 0.6 is 0 Å². The van der Waals surface area contributed by atoms with E-state index in [9.17, 15) is 9.59 Å². The zero-order chi connectivity index (χ0) is 20.0. The third-order valence-corrected chi connectivity index (χ3v) is 5.91. The van der Waals surface area contributed by atoms with E-state index in [4.69, 9.17) is 4.74 Å². The van der Waals surface area contributed by atoms with Gasteiger partial charge in [0, 0.05) is 40.7 Å². The molecule has 3 aromatic carbocycles. The molecule has 1 fully saturated rings. The number of imide groups is 1. The molecule has 0 aliphatic carbocycles. The number of methoxy groups -OCH3 is 1. The second-order valence-electron chi connectivity index (χ2n) is 7.53. The van der Waals surface area contributed by atoms with Crippen LogP contribution in [0.4, 0.5) is 11.4 Å². The largest absolute Gasteiger partial charge is 0.495 e. The van der Waals surface area contributed by atoms with Crippen molar-refractivity contribution in [3.63, 3.8) is 0 Å². The van der Waals surface area contributed by atoms with Crippen molar-refractivity contribution in [2.75, 3.05) is 30.0 Å². The van der Waals surface area contributed by atoms with Crippen LogP contribution in [0.3, 0.4) is 0 Å². The van der Waals surface area contributed by atoms with Crippen LogP contribution in [0.1, 0.15) is 40.0 Å². The molecular formula is C24H22N2O3. The van der Waals surface area contributed by atoms with Crippen molar-refractivity contribution in [2.45, 2.75) is 19.3 Å². The number of carbonyl (C=O) groups is 2. The third kappa shape index (κ3) is 2.69. The molecule has 5 nitrogen and oxygen atoms in total. The number of piperidine rings is 1. The maximum absolute atomic E-state index is 13.4. The van der Waals surface area contributed by atoms with Gasteiger partial charge in [0.2, 0.25) is 0 Å². The van der Waals surface area contributed by atoms with E-state index in [1.807, 2.05) is 36.4 Å². The van der Waals surface area contributed by atoms with E-state index in [0.29, 0.717) is 22.6 Å². The lowest BCUT2D eigenvalue weighted by Gasteiger charge is -2.32. The van der Waals surface area contributed by atoms with Gasteiger partial charge in [0.15, 0.2) is 0 Å². The zero-order valence-corrected chi connectivity index (χ0v) is 16.4. The number of hydrogen-bond acceptors (Lipinski definition) is 4. The highest BCUT2D eigenvalue weighted by Gasteiger charge is 2.36. The molecule has 0 unspecified atom stereocenters. The quantitative estimate of drug-likeness (QED) is 0.616. The summed E-state index contributed by atoms with van der Waals surface area (Å²) in [5.74, 6) is -0.128. The smallest absolute Gasteiger partial charge is 0.266 e. The van der Waals surface area contributed by atoms with Gasteiger partial charge in [0.1, 0.15) is 5.75 Å². The molecule has 5 heteroatoms. The maximum atomic E-state index is 13.4. The first-order chi connectivity index (χ1) is 14.2. The predicted molar refractivity (Wildman–Crippen MR) is 114 cm³/mol. The number of rotatable bonds is 3. The Labute approximate surface area is 169 Å². The standard InChI is InChI=1S/C24H22N2O3/c1-29-21-11-4-3-10-20(21)26-23(27)17-9-7-8-16-19(25-14-5-2-6-15-25)13-12-18(22(16)17)24(26)28/h3-4,7-13H,2,5-6,14-15H2,1H3. The van der Waals surface area contributed by atoms with E-state index in [1.54, 1.807) is 18.2 Å². The minimum atomic E-state index is -0.312. The Hall–Kier alpha value is -3.34. The monoisotopic (exact) mass is 386 g/mol. The Morgan fingerprint density at radius 3 is 2.24 bits per heavy atom. The van der Waals surface area contributed by atoms with Gasteiger partial charge in [-0.05, 0) is 49.6 Å². The number of hydrogen-bond donors (Lipinski definition) is 0. The first-order valence-electron chi connectivity index (χ1n) is 10.0. The summed E-state index contributed by atoms with van der Waals surface area (Å²) in [7, 11) is 1.54. The lowest BCUT2D eigenvalue weighted by atomic mass is 9.92. The highest BCUT2D eigenvalue weighted by atomic mass is 16.5. The Kier molecular flexibility index (Phi) is 4.23. The van der Waals surface area contributed by atoms with E-state index in [2.05, 4.69) is 4.90 Å². The normalized spacial score (nSPS) is 16.4.